The molecule has 12 heteroatoms. The first kappa shape index (κ1) is 22.7. The molecule has 2 aliphatic rings. The van der Waals surface area contributed by atoms with Crippen molar-refractivity contribution in [1.29, 1.82) is 0 Å². The molecule has 7 nitrogen and oxygen atoms in total. The van der Waals surface area contributed by atoms with Crippen LogP contribution in [0.25, 0.3) is 5.65 Å². The van der Waals surface area contributed by atoms with Crippen molar-refractivity contribution in [2.45, 2.75) is 51.4 Å². The van der Waals surface area contributed by atoms with Gasteiger partial charge < -0.3 is 16.0 Å². The predicted molar refractivity (Wildman–Crippen MR) is 105 cm³/mol. The van der Waals surface area contributed by atoms with Gasteiger partial charge in [0.25, 0.3) is 5.92 Å². The smallest absolute Gasteiger partial charge is 0.337 e. The molecule has 0 aromatic carbocycles. The Bertz CT molecular complexity index is 1020. The van der Waals surface area contributed by atoms with Crippen LogP contribution in [-0.2, 0) is 6.54 Å². The van der Waals surface area contributed by atoms with E-state index in [0.29, 0.717) is 16.9 Å². The number of fused-ring (bicyclic) bond motifs is 2. The third-order valence-corrected chi connectivity index (χ3v) is 6.54. The molecule has 1 saturated heterocycles. The van der Waals surface area contributed by atoms with E-state index in [0.717, 1.165) is 13.8 Å². The summed E-state index contributed by atoms with van der Waals surface area (Å²) in [5.41, 5.74) is 5.62. The van der Waals surface area contributed by atoms with Gasteiger partial charge in [0, 0.05) is 25.7 Å². The summed E-state index contributed by atoms with van der Waals surface area (Å²) in [4.78, 5) is 17.9. The predicted octanol–water partition coefficient (Wildman–Crippen LogP) is 3.50. The molecule has 0 bridgehead atoms. The third-order valence-electron chi connectivity index (χ3n) is 6.54. The van der Waals surface area contributed by atoms with Crippen molar-refractivity contribution < 1.29 is 26.7 Å². The fourth-order valence-electron chi connectivity index (χ4n) is 3.98. The number of hydrogen-bond donors (Lipinski definition) is 2. The Morgan fingerprint density at radius 2 is 2.03 bits per heavy atom. The minimum absolute atomic E-state index is 0.0447. The molecule has 176 valence electrons. The first-order valence-electron chi connectivity index (χ1n) is 10.4. The summed E-state index contributed by atoms with van der Waals surface area (Å²) in [6.07, 6.45) is -1.34. The Labute approximate surface area is 181 Å². The molecule has 2 aromatic rings. The Morgan fingerprint density at radius 3 is 2.72 bits per heavy atom. The standard InChI is InChI=1S/C20H25F5N6O/c1-18(2,20(23,24)25)4-3-14(26)15-10-31-16(29-15)5-11(6-28-31)8-30-9-13-12(19(13,21)22)7-27-17(30)32/h5-6,10,12-14H,3-4,7-9,26H2,1-2H3,(H,27,32)/t12-,13+,14-/m0/s1. The molecule has 32 heavy (non-hydrogen) atoms. The summed E-state index contributed by atoms with van der Waals surface area (Å²) < 4.78 is 68.1. The second-order valence-electron chi connectivity index (χ2n) is 9.31. The topological polar surface area (TPSA) is 88.5 Å². The summed E-state index contributed by atoms with van der Waals surface area (Å²) >= 11 is 0. The lowest BCUT2D eigenvalue weighted by Crippen LogP contribution is -2.40. The molecule has 2 aromatic heterocycles. The number of aromatic nitrogens is 3. The van der Waals surface area contributed by atoms with Crippen molar-refractivity contribution in [1.82, 2.24) is 24.8 Å². The highest BCUT2D eigenvalue weighted by Crippen LogP contribution is 2.55. The molecule has 2 amide bonds. The van der Waals surface area contributed by atoms with Gasteiger partial charge in [0.2, 0.25) is 0 Å². The Balaban J connectivity index is 1.44. The van der Waals surface area contributed by atoms with Gasteiger partial charge in [0.15, 0.2) is 5.65 Å². The molecule has 4 rings (SSSR count). The molecule has 0 spiro atoms. The summed E-state index contributed by atoms with van der Waals surface area (Å²) in [6, 6.07) is 0.544. The normalized spacial score (nSPS) is 24.1. The molecular formula is C20H25F5N6O. The highest BCUT2D eigenvalue weighted by atomic mass is 19.4. The van der Waals surface area contributed by atoms with Crippen LogP contribution in [0.3, 0.4) is 0 Å². The quantitative estimate of drug-likeness (QED) is 0.646. The summed E-state index contributed by atoms with van der Waals surface area (Å²) in [5, 5.41) is 6.74. The van der Waals surface area contributed by atoms with Gasteiger partial charge in [-0.05, 0) is 24.5 Å². The van der Waals surface area contributed by atoms with E-state index in [1.54, 1.807) is 12.3 Å². The van der Waals surface area contributed by atoms with E-state index in [-0.39, 0.29) is 32.5 Å². The summed E-state index contributed by atoms with van der Waals surface area (Å²) in [7, 11) is 0. The maximum Gasteiger partial charge on any atom is 0.393 e. The molecule has 1 aliphatic carbocycles. The molecule has 3 N–H and O–H groups in total. The van der Waals surface area contributed by atoms with Crippen molar-refractivity contribution in [3.05, 3.63) is 29.7 Å². The molecule has 1 aliphatic heterocycles. The van der Waals surface area contributed by atoms with Crippen molar-refractivity contribution in [2.75, 3.05) is 13.1 Å². The second kappa shape index (κ2) is 7.53. The number of carbonyl (C=O) groups is 1. The zero-order chi connectivity index (χ0) is 23.5. The van der Waals surface area contributed by atoms with Gasteiger partial charge >= 0.3 is 12.2 Å². The average Bonchev–Trinajstić information content (AvgIpc) is 3.03. The van der Waals surface area contributed by atoms with Crippen LogP contribution in [0.5, 0.6) is 0 Å². The number of amides is 2. The number of nitrogens with one attached hydrogen (secondary N) is 1. The van der Waals surface area contributed by atoms with Gasteiger partial charge in [0.1, 0.15) is 0 Å². The van der Waals surface area contributed by atoms with Gasteiger partial charge in [0.05, 0.1) is 35.3 Å². The Hall–Kier alpha value is -2.50. The maximum absolute atomic E-state index is 13.7. The van der Waals surface area contributed by atoms with Gasteiger partial charge in [-0.25, -0.2) is 23.1 Å². The summed E-state index contributed by atoms with van der Waals surface area (Å²) in [5.74, 6) is -4.44. The van der Waals surface area contributed by atoms with Crippen LogP contribution in [0.2, 0.25) is 0 Å². The van der Waals surface area contributed by atoms with Crippen LogP contribution in [0.1, 0.15) is 44.0 Å². The van der Waals surface area contributed by atoms with Gasteiger partial charge in [-0.3, -0.25) is 0 Å². The van der Waals surface area contributed by atoms with Crippen molar-refractivity contribution >= 4 is 11.7 Å². The molecule has 3 heterocycles. The van der Waals surface area contributed by atoms with Gasteiger partial charge in [-0.2, -0.15) is 18.3 Å². The van der Waals surface area contributed by atoms with Gasteiger partial charge in [-0.15, -0.1) is 0 Å². The van der Waals surface area contributed by atoms with Crippen molar-refractivity contribution in [3.8, 4) is 0 Å². The monoisotopic (exact) mass is 460 g/mol. The number of rotatable bonds is 6. The van der Waals surface area contributed by atoms with E-state index in [1.807, 2.05) is 0 Å². The Kier molecular flexibility index (Phi) is 5.34. The van der Waals surface area contributed by atoms with Gasteiger partial charge in [-0.1, -0.05) is 13.8 Å². The van der Waals surface area contributed by atoms with Crippen LogP contribution < -0.4 is 11.1 Å². The summed E-state index contributed by atoms with van der Waals surface area (Å²) in [6.45, 7) is 2.26. The Morgan fingerprint density at radius 1 is 1.31 bits per heavy atom. The zero-order valence-corrected chi connectivity index (χ0v) is 17.7. The number of halogens is 5. The molecular weight excluding hydrogens is 435 g/mol. The maximum atomic E-state index is 13.7. The highest BCUT2D eigenvalue weighted by Gasteiger charge is 2.69. The third kappa shape index (κ3) is 4.12. The second-order valence-corrected chi connectivity index (χ2v) is 9.31. The SMILES string of the molecule is CC(C)(CC[C@H](N)c1cn2ncc(CN3C[C@@H]4[C@H](CNC3=O)C4(F)F)cc2n1)C(F)(F)F. The van der Waals surface area contributed by atoms with Crippen LogP contribution in [0.15, 0.2) is 18.5 Å². The number of carbonyl (C=O) groups excluding carboxylic acids is 1. The number of urea groups is 1. The first-order valence-corrected chi connectivity index (χ1v) is 10.4. The first-order chi connectivity index (χ1) is 14.8. The number of hydrogen-bond acceptors (Lipinski definition) is 4. The number of nitrogens with two attached hydrogens (primary N) is 1. The van der Waals surface area contributed by atoms with Crippen molar-refractivity contribution in [3.63, 3.8) is 0 Å². The van der Waals surface area contributed by atoms with E-state index in [4.69, 9.17) is 5.73 Å². The number of alkyl halides is 5. The van der Waals surface area contributed by atoms with Crippen LogP contribution in [0.4, 0.5) is 26.7 Å². The molecule has 0 unspecified atom stereocenters. The lowest BCUT2D eigenvalue weighted by Gasteiger charge is -2.28. The largest absolute Gasteiger partial charge is 0.393 e. The van der Waals surface area contributed by atoms with Crippen LogP contribution >= 0.6 is 0 Å². The molecule has 1 saturated carbocycles. The van der Waals surface area contributed by atoms with E-state index in [9.17, 15) is 26.7 Å². The van der Waals surface area contributed by atoms with Crippen LogP contribution in [0, 0.1) is 17.3 Å². The molecule has 3 atom stereocenters. The number of nitrogens with zero attached hydrogens (tertiary/aromatic N) is 4. The number of imidazole rings is 1. The van der Waals surface area contributed by atoms with E-state index in [1.165, 1.54) is 15.6 Å². The van der Waals surface area contributed by atoms with Crippen molar-refractivity contribution in [2.24, 2.45) is 23.0 Å². The van der Waals surface area contributed by atoms with E-state index >= 15 is 0 Å². The van der Waals surface area contributed by atoms with E-state index < -0.39 is 41.4 Å². The van der Waals surface area contributed by atoms with E-state index in [2.05, 4.69) is 15.4 Å². The lowest BCUT2D eigenvalue weighted by molar-refractivity contribution is -0.214. The fourth-order valence-corrected chi connectivity index (χ4v) is 3.98. The molecule has 2 fully saturated rings. The van der Waals surface area contributed by atoms with Crippen LogP contribution in [-0.4, -0.2) is 50.7 Å². The average molecular weight is 460 g/mol. The molecule has 0 radical (unpaired) electrons. The minimum atomic E-state index is -4.33. The highest BCUT2D eigenvalue weighted by molar-refractivity contribution is 5.75. The fraction of sp³-hybridized carbons (Fsp3) is 0.650. The minimum Gasteiger partial charge on any atom is -0.337 e. The zero-order valence-electron chi connectivity index (χ0n) is 17.7. The lowest BCUT2D eigenvalue weighted by atomic mass is 9.85.